The van der Waals surface area contributed by atoms with Crippen LogP contribution < -0.4 is 14.4 Å². The third kappa shape index (κ3) is 5.35. The second kappa shape index (κ2) is 9.39. The zero-order valence-electron chi connectivity index (χ0n) is 16.8. The molecule has 0 atom stereocenters. The van der Waals surface area contributed by atoms with Gasteiger partial charge in [-0.2, -0.15) is 0 Å². The molecule has 8 heteroatoms. The molecule has 1 fully saturated rings. The third-order valence-corrected chi connectivity index (χ3v) is 6.68. The number of likely N-dealkylation sites (N-methyl/N-ethyl adjacent to an activating group) is 1. The fourth-order valence-corrected chi connectivity index (χ4v) is 4.41. The molecule has 0 aliphatic carbocycles. The van der Waals surface area contributed by atoms with Gasteiger partial charge >= 0.3 is 0 Å². The molecule has 0 aromatic heterocycles. The van der Waals surface area contributed by atoms with Gasteiger partial charge in [-0.3, -0.25) is 4.79 Å². The van der Waals surface area contributed by atoms with E-state index < -0.39 is 10.0 Å². The van der Waals surface area contributed by atoms with E-state index in [0.717, 1.165) is 38.3 Å². The van der Waals surface area contributed by atoms with Gasteiger partial charge in [0.15, 0.2) is 0 Å². The van der Waals surface area contributed by atoms with Crippen molar-refractivity contribution in [1.29, 1.82) is 0 Å². The minimum absolute atomic E-state index is 0.0312. The van der Waals surface area contributed by atoms with E-state index in [1.54, 1.807) is 36.4 Å². The lowest BCUT2D eigenvalue weighted by atomic mass is 10.1. The van der Waals surface area contributed by atoms with Gasteiger partial charge in [-0.25, -0.2) is 13.1 Å². The van der Waals surface area contributed by atoms with Crippen LogP contribution in [-0.2, 0) is 16.6 Å². The average molecular weight is 419 g/mol. The van der Waals surface area contributed by atoms with Crippen LogP contribution in [0.5, 0.6) is 5.75 Å². The predicted octanol–water partition coefficient (Wildman–Crippen LogP) is 0.534. The number of benzene rings is 2. The number of nitrogens with zero attached hydrogens (tertiary/aromatic N) is 1. The zero-order chi connectivity index (χ0) is 20.9. The molecule has 0 spiro atoms. The molecule has 1 amide bonds. The highest BCUT2D eigenvalue weighted by atomic mass is 32.2. The first kappa shape index (κ1) is 21.3. The largest absolute Gasteiger partial charge is 0.497 e. The number of methoxy groups -OCH3 is 1. The van der Waals surface area contributed by atoms with Gasteiger partial charge in [0.25, 0.3) is 5.91 Å². The molecule has 0 radical (unpaired) electrons. The lowest BCUT2D eigenvalue weighted by Crippen LogP contribution is -3.14. The van der Waals surface area contributed by atoms with Gasteiger partial charge in [0.05, 0.1) is 44.7 Å². The maximum atomic E-state index is 12.7. The zero-order valence-corrected chi connectivity index (χ0v) is 17.7. The number of rotatable bonds is 7. The van der Waals surface area contributed by atoms with Gasteiger partial charge in [-0.05, 0) is 36.8 Å². The first-order valence-corrected chi connectivity index (χ1v) is 11.3. The van der Waals surface area contributed by atoms with E-state index in [2.05, 4.69) is 11.6 Å². The maximum absolute atomic E-state index is 12.7. The predicted molar refractivity (Wildman–Crippen MR) is 111 cm³/mol. The highest BCUT2D eigenvalue weighted by Gasteiger charge is 2.23. The summed E-state index contributed by atoms with van der Waals surface area (Å²) in [6, 6.07) is 13.4. The van der Waals surface area contributed by atoms with Crippen LogP contribution in [-0.4, -0.2) is 59.1 Å². The minimum Gasteiger partial charge on any atom is -0.497 e. The molecule has 2 N–H and O–H groups in total. The van der Waals surface area contributed by atoms with Gasteiger partial charge in [0.1, 0.15) is 5.75 Å². The number of nitrogens with one attached hydrogen (secondary N) is 2. The van der Waals surface area contributed by atoms with Crippen LogP contribution in [0.3, 0.4) is 0 Å². The molecular weight excluding hydrogens is 390 g/mol. The Hall–Kier alpha value is -2.42. The fraction of sp³-hybridized carbons (Fsp3) is 0.381. The number of amides is 1. The summed E-state index contributed by atoms with van der Waals surface area (Å²) < 4.78 is 32.6. The highest BCUT2D eigenvalue weighted by Crippen LogP contribution is 2.17. The van der Waals surface area contributed by atoms with Crippen molar-refractivity contribution < 1.29 is 22.8 Å². The Kier molecular flexibility index (Phi) is 6.89. The van der Waals surface area contributed by atoms with Crippen LogP contribution >= 0.6 is 0 Å². The second-order valence-electron chi connectivity index (χ2n) is 7.10. The van der Waals surface area contributed by atoms with Crippen LogP contribution in [0.1, 0.15) is 22.8 Å². The lowest BCUT2D eigenvalue weighted by Gasteiger charge is -2.31. The van der Waals surface area contributed by atoms with Crippen LogP contribution in [0.2, 0.25) is 0 Å². The van der Waals surface area contributed by atoms with E-state index in [1.165, 1.54) is 24.1 Å². The Balaban J connectivity index is 1.59. The summed E-state index contributed by atoms with van der Waals surface area (Å²) in [6.45, 7) is 6.88. The molecule has 0 bridgehead atoms. The summed E-state index contributed by atoms with van der Waals surface area (Å²) in [5, 5.41) is 0. The molecule has 1 aliphatic heterocycles. The number of sulfonamides is 1. The van der Waals surface area contributed by atoms with Gasteiger partial charge in [-0.1, -0.05) is 18.2 Å². The number of ether oxygens (including phenoxy) is 1. The van der Waals surface area contributed by atoms with Crippen LogP contribution in [0.25, 0.3) is 0 Å². The van der Waals surface area contributed by atoms with E-state index in [4.69, 9.17) is 4.74 Å². The first-order chi connectivity index (χ1) is 13.9. The van der Waals surface area contributed by atoms with Crippen molar-refractivity contribution in [2.24, 2.45) is 0 Å². The molecule has 1 aliphatic rings. The van der Waals surface area contributed by atoms with Gasteiger partial charge in [-0.15, -0.1) is 0 Å². The van der Waals surface area contributed by atoms with E-state index in [-0.39, 0.29) is 17.3 Å². The molecule has 7 nitrogen and oxygen atoms in total. The molecule has 2 aromatic carbocycles. The molecule has 156 valence electrons. The number of hydrogen-bond donors (Lipinski definition) is 2. The minimum atomic E-state index is -3.65. The Morgan fingerprint density at radius 1 is 1.14 bits per heavy atom. The van der Waals surface area contributed by atoms with Crippen molar-refractivity contribution in [3.05, 3.63) is 59.7 Å². The quantitative estimate of drug-likeness (QED) is 0.688. The summed E-state index contributed by atoms with van der Waals surface area (Å²) in [5.74, 6) is 0.515. The molecule has 2 aromatic rings. The van der Waals surface area contributed by atoms with E-state index >= 15 is 0 Å². The SMILES string of the molecule is CC[NH+]1CCN(C(=O)c2ccc(CNS(=O)(=O)c3cccc(OC)c3)cc2)CC1. The standard InChI is InChI=1S/C21H27N3O4S/c1-3-23-11-13-24(14-12-23)21(25)18-9-7-17(8-10-18)16-22-29(26,27)20-6-4-5-19(15-20)28-2/h4-10,15,22H,3,11-14,16H2,1-2H3/p+1. The lowest BCUT2D eigenvalue weighted by molar-refractivity contribution is -0.902. The van der Waals surface area contributed by atoms with Crippen LogP contribution in [0, 0.1) is 0 Å². The summed E-state index contributed by atoms with van der Waals surface area (Å²) in [5.41, 5.74) is 1.41. The van der Waals surface area contributed by atoms with E-state index in [9.17, 15) is 13.2 Å². The van der Waals surface area contributed by atoms with Crippen molar-refractivity contribution in [2.45, 2.75) is 18.4 Å². The average Bonchev–Trinajstić information content (AvgIpc) is 2.77. The maximum Gasteiger partial charge on any atom is 0.254 e. The first-order valence-electron chi connectivity index (χ1n) is 9.78. The van der Waals surface area contributed by atoms with Crippen molar-refractivity contribution in [3.63, 3.8) is 0 Å². The number of hydrogen-bond acceptors (Lipinski definition) is 4. The molecule has 1 heterocycles. The smallest absolute Gasteiger partial charge is 0.254 e. The number of piperazine rings is 1. The fourth-order valence-electron chi connectivity index (χ4n) is 3.36. The molecule has 3 rings (SSSR count). The highest BCUT2D eigenvalue weighted by molar-refractivity contribution is 7.89. The molecule has 1 saturated heterocycles. The molecule has 29 heavy (non-hydrogen) atoms. The van der Waals surface area contributed by atoms with Gasteiger partial charge in [0.2, 0.25) is 10.0 Å². The monoisotopic (exact) mass is 418 g/mol. The molecule has 0 unspecified atom stereocenters. The topological polar surface area (TPSA) is 80.2 Å². The van der Waals surface area contributed by atoms with Crippen LogP contribution in [0.4, 0.5) is 0 Å². The Morgan fingerprint density at radius 3 is 2.45 bits per heavy atom. The van der Waals surface area contributed by atoms with E-state index in [0.29, 0.717) is 11.3 Å². The van der Waals surface area contributed by atoms with Gasteiger partial charge < -0.3 is 14.5 Å². The summed E-state index contributed by atoms with van der Waals surface area (Å²) in [4.78, 5) is 16.2. The van der Waals surface area contributed by atoms with Crippen molar-refractivity contribution in [2.75, 3.05) is 39.8 Å². The van der Waals surface area contributed by atoms with Crippen molar-refractivity contribution >= 4 is 15.9 Å². The number of carbonyl (C=O) groups is 1. The summed E-state index contributed by atoms with van der Waals surface area (Å²) in [7, 11) is -2.16. The van der Waals surface area contributed by atoms with Crippen molar-refractivity contribution in [3.8, 4) is 5.75 Å². The second-order valence-corrected chi connectivity index (χ2v) is 8.86. The Morgan fingerprint density at radius 2 is 1.83 bits per heavy atom. The van der Waals surface area contributed by atoms with Gasteiger partial charge in [0, 0.05) is 18.2 Å². The number of carbonyl (C=O) groups excluding carboxylic acids is 1. The summed E-state index contributed by atoms with van der Waals surface area (Å²) in [6.07, 6.45) is 0. The van der Waals surface area contributed by atoms with Crippen LogP contribution in [0.15, 0.2) is 53.4 Å². The number of quaternary nitrogens is 1. The normalized spacial score (nSPS) is 15.3. The van der Waals surface area contributed by atoms with Crippen molar-refractivity contribution in [1.82, 2.24) is 9.62 Å². The summed E-state index contributed by atoms with van der Waals surface area (Å²) >= 11 is 0. The third-order valence-electron chi connectivity index (χ3n) is 5.28. The molecular formula is C21H28N3O4S+. The Bertz CT molecular complexity index is 937. The Labute approximate surface area is 172 Å². The van der Waals surface area contributed by atoms with E-state index in [1.807, 2.05) is 4.90 Å². The molecule has 0 saturated carbocycles.